The van der Waals surface area contributed by atoms with Crippen LogP contribution in [0, 0.1) is 0 Å². The zero-order chi connectivity index (χ0) is 22.5. The monoisotopic (exact) mass is 460 g/mol. The third-order valence-electron chi connectivity index (χ3n) is 4.17. The van der Waals surface area contributed by atoms with E-state index in [1.807, 2.05) is 13.8 Å². The van der Waals surface area contributed by atoms with Crippen molar-refractivity contribution < 1.29 is 23.9 Å². The van der Waals surface area contributed by atoms with Crippen LogP contribution >= 0.6 is 23.4 Å². The fraction of sp³-hybridized carbons (Fsp3) is 0.227. The predicted octanol–water partition coefficient (Wildman–Crippen LogP) is 4.81. The number of amides is 3. The molecule has 7 nitrogen and oxygen atoms in total. The molecule has 0 aliphatic carbocycles. The van der Waals surface area contributed by atoms with Gasteiger partial charge in [0, 0.05) is 0 Å². The minimum atomic E-state index is -0.536. The van der Waals surface area contributed by atoms with Gasteiger partial charge in [0.2, 0.25) is 5.91 Å². The Hall–Kier alpha value is -2.97. The molecule has 1 heterocycles. The number of hydrogen-bond acceptors (Lipinski definition) is 6. The highest BCUT2D eigenvalue weighted by Crippen LogP contribution is 2.35. The third-order valence-corrected chi connectivity index (χ3v) is 5.41. The highest BCUT2D eigenvalue weighted by atomic mass is 35.5. The lowest BCUT2D eigenvalue weighted by atomic mass is 10.2. The van der Waals surface area contributed by atoms with Gasteiger partial charge >= 0.3 is 0 Å². The number of thioether (sulfide) groups is 1. The first-order valence-electron chi connectivity index (χ1n) is 9.43. The van der Waals surface area contributed by atoms with Crippen LogP contribution in [0.2, 0.25) is 5.02 Å². The second-order valence-electron chi connectivity index (χ2n) is 6.87. The number of carbonyl (C=O) groups is 3. The summed E-state index contributed by atoms with van der Waals surface area (Å²) in [6.07, 6.45) is 1.56. The van der Waals surface area contributed by atoms with Crippen molar-refractivity contribution in [3.63, 3.8) is 0 Å². The summed E-state index contributed by atoms with van der Waals surface area (Å²) in [6.45, 7) is 3.41. The van der Waals surface area contributed by atoms with Gasteiger partial charge in [0.15, 0.2) is 11.5 Å². The highest BCUT2D eigenvalue weighted by molar-refractivity contribution is 8.18. The number of benzene rings is 2. The summed E-state index contributed by atoms with van der Waals surface area (Å²) in [5.74, 6) is 0.0408. The first kappa shape index (κ1) is 22.7. The molecule has 0 bridgehead atoms. The molecule has 0 aromatic heterocycles. The molecule has 3 amide bonds. The fourth-order valence-electron chi connectivity index (χ4n) is 2.81. The van der Waals surface area contributed by atoms with Crippen LogP contribution in [0.1, 0.15) is 19.4 Å². The van der Waals surface area contributed by atoms with Crippen molar-refractivity contribution >= 4 is 52.2 Å². The van der Waals surface area contributed by atoms with E-state index >= 15 is 0 Å². The van der Waals surface area contributed by atoms with E-state index in [0.717, 1.165) is 16.7 Å². The Morgan fingerprint density at radius 1 is 1.19 bits per heavy atom. The molecule has 0 atom stereocenters. The average molecular weight is 461 g/mol. The van der Waals surface area contributed by atoms with Crippen molar-refractivity contribution in [1.29, 1.82) is 0 Å². The summed E-state index contributed by atoms with van der Waals surface area (Å²) in [7, 11) is 1.53. The molecule has 1 N–H and O–H groups in total. The van der Waals surface area contributed by atoms with Crippen LogP contribution in [0.15, 0.2) is 47.4 Å². The van der Waals surface area contributed by atoms with E-state index in [-0.39, 0.29) is 11.0 Å². The van der Waals surface area contributed by atoms with Gasteiger partial charge in [0.25, 0.3) is 11.1 Å². The summed E-state index contributed by atoms with van der Waals surface area (Å²) in [5, 5.41) is 2.45. The Balaban J connectivity index is 1.73. The van der Waals surface area contributed by atoms with E-state index in [1.54, 1.807) is 48.5 Å². The number of halogens is 1. The quantitative estimate of drug-likeness (QED) is 0.597. The minimum Gasteiger partial charge on any atom is -0.493 e. The number of para-hydroxylation sites is 1. The lowest BCUT2D eigenvalue weighted by molar-refractivity contribution is -0.127. The predicted molar refractivity (Wildman–Crippen MR) is 122 cm³/mol. The molecular weight excluding hydrogens is 440 g/mol. The number of methoxy groups -OCH3 is 1. The van der Waals surface area contributed by atoms with E-state index in [4.69, 9.17) is 21.1 Å². The second-order valence-corrected chi connectivity index (χ2v) is 8.27. The first-order chi connectivity index (χ1) is 14.8. The van der Waals surface area contributed by atoms with E-state index in [1.165, 1.54) is 7.11 Å². The van der Waals surface area contributed by atoms with Crippen LogP contribution in [-0.2, 0) is 9.59 Å². The molecular formula is C22H21ClN2O5S. The van der Waals surface area contributed by atoms with Gasteiger partial charge < -0.3 is 14.8 Å². The molecule has 0 saturated carbocycles. The molecule has 0 radical (unpaired) electrons. The van der Waals surface area contributed by atoms with Gasteiger partial charge in [-0.3, -0.25) is 19.3 Å². The standard InChI is InChI=1S/C22H21ClN2O5S/c1-13(2)30-17-9-8-14(10-18(17)29-3)11-19-21(27)25(22(28)31-19)12-20(26)24-16-7-5-4-6-15(16)23/h4-11,13H,12H2,1-3H3,(H,24,26)/b19-11+. The number of carbonyl (C=O) groups excluding carboxylic acids is 3. The normalized spacial score (nSPS) is 15.0. The topological polar surface area (TPSA) is 84.9 Å². The molecule has 1 aliphatic rings. The highest BCUT2D eigenvalue weighted by Gasteiger charge is 2.36. The maximum atomic E-state index is 12.7. The van der Waals surface area contributed by atoms with E-state index in [2.05, 4.69) is 5.32 Å². The Bertz CT molecular complexity index is 1050. The molecule has 162 valence electrons. The van der Waals surface area contributed by atoms with Gasteiger partial charge in [-0.05, 0) is 61.5 Å². The van der Waals surface area contributed by atoms with Crippen molar-refractivity contribution in [3.05, 3.63) is 58.0 Å². The van der Waals surface area contributed by atoms with Crippen molar-refractivity contribution in [2.75, 3.05) is 19.0 Å². The van der Waals surface area contributed by atoms with Crippen LogP contribution in [0.5, 0.6) is 11.5 Å². The van der Waals surface area contributed by atoms with E-state index in [9.17, 15) is 14.4 Å². The molecule has 1 fully saturated rings. The van der Waals surface area contributed by atoms with Gasteiger partial charge in [-0.1, -0.05) is 29.8 Å². The summed E-state index contributed by atoms with van der Waals surface area (Å²) in [6, 6.07) is 11.9. The molecule has 3 rings (SSSR count). The first-order valence-corrected chi connectivity index (χ1v) is 10.6. The number of hydrogen-bond donors (Lipinski definition) is 1. The zero-order valence-corrected chi connectivity index (χ0v) is 18.8. The molecule has 1 saturated heterocycles. The molecule has 2 aromatic carbocycles. The van der Waals surface area contributed by atoms with Crippen LogP contribution < -0.4 is 14.8 Å². The summed E-state index contributed by atoms with van der Waals surface area (Å²) in [4.78, 5) is 38.4. The lowest BCUT2D eigenvalue weighted by Gasteiger charge is -2.14. The molecule has 31 heavy (non-hydrogen) atoms. The van der Waals surface area contributed by atoms with Crippen molar-refractivity contribution in [2.24, 2.45) is 0 Å². The number of ether oxygens (including phenoxy) is 2. The SMILES string of the molecule is COc1cc(/C=C2/SC(=O)N(CC(=O)Nc3ccccc3Cl)C2=O)ccc1OC(C)C. The molecule has 9 heteroatoms. The Morgan fingerprint density at radius 2 is 1.94 bits per heavy atom. The summed E-state index contributed by atoms with van der Waals surface area (Å²) < 4.78 is 11.0. The lowest BCUT2D eigenvalue weighted by Crippen LogP contribution is -2.36. The smallest absolute Gasteiger partial charge is 0.294 e. The second kappa shape index (κ2) is 9.89. The maximum absolute atomic E-state index is 12.7. The van der Waals surface area contributed by atoms with Gasteiger partial charge in [0.05, 0.1) is 28.8 Å². The van der Waals surface area contributed by atoms with Gasteiger partial charge in [0.1, 0.15) is 6.54 Å². The molecule has 0 spiro atoms. The number of nitrogens with zero attached hydrogens (tertiary/aromatic N) is 1. The Kier molecular flexibility index (Phi) is 7.25. The molecule has 0 unspecified atom stereocenters. The summed E-state index contributed by atoms with van der Waals surface area (Å²) in [5.41, 5.74) is 1.08. The number of imide groups is 1. The number of nitrogens with one attached hydrogen (secondary N) is 1. The van der Waals surface area contributed by atoms with E-state index < -0.39 is 23.6 Å². The number of anilines is 1. The van der Waals surface area contributed by atoms with Crippen LogP contribution in [0.4, 0.5) is 10.5 Å². The van der Waals surface area contributed by atoms with Crippen molar-refractivity contribution in [1.82, 2.24) is 4.90 Å². The third kappa shape index (κ3) is 5.59. The van der Waals surface area contributed by atoms with Gasteiger partial charge in [-0.15, -0.1) is 0 Å². The van der Waals surface area contributed by atoms with Crippen LogP contribution in [0.25, 0.3) is 6.08 Å². The molecule has 1 aliphatic heterocycles. The Labute approximate surface area is 189 Å². The molecule has 2 aromatic rings. The van der Waals surface area contributed by atoms with Gasteiger partial charge in [-0.2, -0.15) is 0 Å². The average Bonchev–Trinajstić information content (AvgIpc) is 2.97. The Morgan fingerprint density at radius 3 is 2.61 bits per heavy atom. The van der Waals surface area contributed by atoms with Crippen molar-refractivity contribution in [3.8, 4) is 11.5 Å². The van der Waals surface area contributed by atoms with Crippen LogP contribution in [-0.4, -0.2) is 41.7 Å². The van der Waals surface area contributed by atoms with E-state index in [0.29, 0.717) is 27.8 Å². The maximum Gasteiger partial charge on any atom is 0.294 e. The summed E-state index contributed by atoms with van der Waals surface area (Å²) >= 11 is 6.80. The van der Waals surface area contributed by atoms with Gasteiger partial charge in [-0.25, -0.2) is 0 Å². The minimum absolute atomic E-state index is 0.0202. The van der Waals surface area contributed by atoms with Crippen molar-refractivity contribution in [2.45, 2.75) is 20.0 Å². The number of rotatable bonds is 7. The fourth-order valence-corrected chi connectivity index (χ4v) is 3.83. The van der Waals surface area contributed by atoms with Crippen LogP contribution in [0.3, 0.4) is 0 Å². The largest absolute Gasteiger partial charge is 0.493 e. The zero-order valence-electron chi connectivity index (χ0n) is 17.2.